The third kappa shape index (κ3) is 3.70. The zero-order valence-electron chi connectivity index (χ0n) is 25.2. The number of carboxylic acids is 1. The van der Waals surface area contributed by atoms with Gasteiger partial charge < -0.3 is 30.8 Å². The largest absolute Gasteiger partial charge is 0.480 e. The van der Waals surface area contributed by atoms with Crippen molar-refractivity contribution in [3.8, 4) is 0 Å². The van der Waals surface area contributed by atoms with Gasteiger partial charge in [0, 0.05) is 5.92 Å². The predicted octanol–water partition coefficient (Wildman–Crippen LogP) is 3.41. The minimum absolute atomic E-state index is 0.00178. The summed E-state index contributed by atoms with van der Waals surface area (Å²) in [7, 11) is 0. The average molecular weight is 562 g/mol. The van der Waals surface area contributed by atoms with E-state index in [1.54, 1.807) is 6.92 Å². The second kappa shape index (κ2) is 9.26. The fourth-order valence-corrected chi connectivity index (χ4v) is 11.0. The molecule has 0 aromatic heterocycles. The van der Waals surface area contributed by atoms with E-state index in [4.69, 9.17) is 0 Å². The lowest BCUT2D eigenvalue weighted by atomic mass is 9.33. The van der Waals surface area contributed by atoms with Gasteiger partial charge in [-0.3, -0.25) is 4.79 Å². The zero-order valence-corrected chi connectivity index (χ0v) is 25.2. The number of fused-ring (bicyclic) bond motifs is 7. The van der Waals surface area contributed by atoms with Gasteiger partial charge in [0.05, 0.1) is 29.3 Å². The number of amides is 1. The number of carboxylic acid groups (broad SMARTS) is 1. The van der Waals surface area contributed by atoms with Crippen LogP contribution in [-0.2, 0) is 9.59 Å². The lowest BCUT2D eigenvalue weighted by Gasteiger charge is -2.71. The fraction of sp³-hybridized carbons (Fsp3) is 0.875. The van der Waals surface area contributed by atoms with Gasteiger partial charge in [-0.15, -0.1) is 0 Å². The Hall–Kier alpha value is -1.48. The highest BCUT2D eigenvalue weighted by atomic mass is 16.4. The Labute approximate surface area is 238 Å². The minimum atomic E-state index is -1.38. The van der Waals surface area contributed by atoms with Crippen LogP contribution in [0.15, 0.2) is 11.6 Å². The molecule has 5 aliphatic carbocycles. The first-order valence-corrected chi connectivity index (χ1v) is 15.4. The first kappa shape index (κ1) is 30.0. The number of allylic oxidation sites excluding steroid dienone is 1. The maximum Gasteiger partial charge on any atom is 0.328 e. The predicted molar refractivity (Wildman–Crippen MR) is 150 cm³/mol. The van der Waals surface area contributed by atoms with Gasteiger partial charge in [0.1, 0.15) is 6.04 Å². The van der Waals surface area contributed by atoms with E-state index in [1.807, 2.05) is 13.8 Å². The Kier molecular flexibility index (Phi) is 6.94. The SMILES string of the molecule is C[C@@H]1CC[C@]2(C(=O)NC(CO)C(=O)O)CC[C@]3(C)C(=CCC4[C@@]5(C)CC[C@H](O)[C@@](C)(O)C5CC[C@]43C)C2[C@]1(C)O. The van der Waals surface area contributed by atoms with E-state index in [2.05, 4.69) is 32.2 Å². The summed E-state index contributed by atoms with van der Waals surface area (Å²) in [6, 6.07) is -1.38. The molecule has 8 nitrogen and oxygen atoms in total. The molecule has 5 rings (SSSR count). The molecule has 8 heteroatoms. The number of carbonyl (C=O) groups excluding carboxylic acids is 1. The van der Waals surface area contributed by atoms with Crippen molar-refractivity contribution in [1.29, 1.82) is 0 Å². The minimum Gasteiger partial charge on any atom is -0.480 e. The van der Waals surface area contributed by atoms with Crippen molar-refractivity contribution in [3.63, 3.8) is 0 Å². The molecule has 6 N–H and O–H groups in total. The first-order valence-electron chi connectivity index (χ1n) is 15.4. The number of nitrogens with one attached hydrogen (secondary N) is 1. The van der Waals surface area contributed by atoms with Crippen molar-refractivity contribution < 1.29 is 35.1 Å². The fourth-order valence-electron chi connectivity index (χ4n) is 11.0. The van der Waals surface area contributed by atoms with Crippen LogP contribution in [0.3, 0.4) is 0 Å². The summed E-state index contributed by atoms with van der Waals surface area (Å²) < 4.78 is 0. The molecule has 1 amide bonds. The lowest BCUT2D eigenvalue weighted by Crippen LogP contribution is -2.69. The maximum absolute atomic E-state index is 14.0. The van der Waals surface area contributed by atoms with Gasteiger partial charge in [-0.1, -0.05) is 39.3 Å². The average Bonchev–Trinajstić information content (AvgIpc) is 2.87. The van der Waals surface area contributed by atoms with Crippen molar-refractivity contribution in [2.24, 2.45) is 45.3 Å². The molecule has 0 bridgehead atoms. The van der Waals surface area contributed by atoms with Gasteiger partial charge >= 0.3 is 5.97 Å². The van der Waals surface area contributed by atoms with Crippen LogP contribution >= 0.6 is 0 Å². The van der Waals surface area contributed by atoms with E-state index in [0.29, 0.717) is 25.7 Å². The Morgan fingerprint density at radius 2 is 1.62 bits per heavy atom. The third-order valence-electron chi connectivity index (χ3n) is 13.9. The summed E-state index contributed by atoms with van der Waals surface area (Å²) in [5, 5.41) is 56.2. The standard InChI is InChI=1S/C32H51NO7/c1-18-9-14-32(26(38)33-20(17-34)25(36)37)16-15-28(3)19(24(32)30(18,5)39)7-8-21-27(2)12-11-23(35)31(6,40)22(27)10-13-29(21,28)4/h7,18,20-24,34-35,39-40H,8-17H2,1-6H3,(H,33,38)(H,36,37)/t18-,20?,21?,22?,23+,24?,27-,28-,29-,30-,31+,32+/m1/s1. The summed E-state index contributed by atoms with van der Waals surface area (Å²) in [6.45, 7) is 12.0. The Morgan fingerprint density at radius 1 is 0.950 bits per heavy atom. The molecule has 12 atom stereocenters. The summed E-state index contributed by atoms with van der Waals surface area (Å²) in [5.41, 5.74) is -2.68. The molecule has 226 valence electrons. The van der Waals surface area contributed by atoms with Gasteiger partial charge in [0.2, 0.25) is 5.91 Å². The van der Waals surface area contributed by atoms with Crippen LogP contribution in [0, 0.1) is 45.3 Å². The first-order chi connectivity index (χ1) is 18.4. The van der Waals surface area contributed by atoms with Crippen molar-refractivity contribution >= 4 is 11.9 Å². The van der Waals surface area contributed by atoms with E-state index in [1.165, 1.54) is 0 Å². The highest BCUT2D eigenvalue weighted by Gasteiger charge is 2.71. The molecule has 0 radical (unpaired) electrons. The topological polar surface area (TPSA) is 147 Å². The second-order valence-corrected chi connectivity index (χ2v) is 15.4. The molecule has 0 aromatic carbocycles. The van der Waals surface area contributed by atoms with Crippen LogP contribution in [0.1, 0.15) is 99.3 Å². The summed E-state index contributed by atoms with van der Waals surface area (Å²) in [6.07, 6.45) is 8.01. The van der Waals surface area contributed by atoms with Crippen molar-refractivity contribution in [1.82, 2.24) is 5.32 Å². The molecular weight excluding hydrogens is 510 g/mol. The molecule has 0 saturated heterocycles. The summed E-state index contributed by atoms with van der Waals surface area (Å²) in [4.78, 5) is 25.7. The van der Waals surface area contributed by atoms with E-state index < -0.39 is 47.3 Å². The highest BCUT2D eigenvalue weighted by molar-refractivity contribution is 5.88. The summed E-state index contributed by atoms with van der Waals surface area (Å²) >= 11 is 0. The molecule has 40 heavy (non-hydrogen) atoms. The number of aliphatic hydroxyl groups is 4. The van der Waals surface area contributed by atoms with Crippen LogP contribution in [-0.4, -0.2) is 67.4 Å². The van der Waals surface area contributed by atoms with Crippen molar-refractivity contribution in [2.45, 2.75) is 123 Å². The molecule has 0 spiro atoms. The van der Waals surface area contributed by atoms with Crippen LogP contribution in [0.5, 0.6) is 0 Å². The lowest BCUT2D eigenvalue weighted by molar-refractivity contribution is -0.237. The van der Waals surface area contributed by atoms with Gasteiger partial charge in [0.15, 0.2) is 0 Å². The van der Waals surface area contributed by atoms with E-state index >= 15 is 0 Å². The van der Waals surface area contributed by atoms with Crippen molar-refractivity contribution in [2.75, 3.05) is 6.61 Å². The van der Waals surface area contributed by atoms with E-state index in [9.17, 15) is 35.1 Å². The molecule has 5 aliphatic rings. The van der Waals surface area contributed by atoms with Gasteiger partial charge in [-0.2, -0.15) is 0 Å². The monoisotopic (exact) mass is 561 g/mol. The van der Waals surface area contributed by atoms with Crippen molar-refractivity contribution in [3.05, 3.63) is 11.6 Å². The number of hydrogen-bond donors (Lipinski definition) is 6. The normalized spacial score (nSPS) is 52.6. The van der Waals surface area contributed by atoms with Gasteiger partial charge in [-0.25, -0.2) is 4.79 Å². The number of aliphatic hydroxyl groups excluding tert-OH is 2. The number of carbonyl (C=O) groups is 2. The number of rotatable bonds is 4. The molecule has 4 unspecified atom stereocenters. The molecule has 0 aromatic rings. The molecular formula is C32H51NO7. The zero-order chi connectivity index (χ0) is 29.7. The Bertz CT molecular complexity index is 1100. The number of hydrogen-bond acceptors (Lipinski definition) is 6. The number of aliphatic carboxylic acids is 1. The molecule has 4 fully saturated rings. The second-order valence-electron chi connectivity index (χ2n) is 15.4. The van der Waals surface area contributed by atoms with E-state index in [-0.39, 0.29) is 39.9 Å². The van der Waals surface area contributed by atoms with Gasteiger partial charge in [0.25, 0.3) is 0 Å². The van der Waals surface area contributed by atoms with Gasteiger partial charge in [-0.05, 0) is 106 Å². The van der Waals surface area contributed by atoms with Crippen LogP contribution in [0.25, 0.3) is 0 Å². The van der Waals surface area contributed by atoms with Crippen LogP contribution < -0.4 is 5.32 Å². The maximum atomic E-state index is 14.0. The highest BCUT2D eigenvalue weighted by Crippen LogP contribution is 2.75. The van der Waals surface area contributed by atoms with Crippen LogP contribution in [0.4, 0.5) is 0 Å². The third-order valence-corrected chi connectivity index (χ3v) is 13.9. The molecule has 0 heterocycles. The molecule has 0 aliphatic heterocycles. The van der Waals surface area contributed by atoms with Crippen LogP contribution in [0.2, 0.25) is 0 Å². The Balaban J connectivity index is 1.60. The summed E-state index contributed by atoms with van der Waals surface area (Å²) in [5.74, 6) is -1.87. The Morgan fingerprint density at radius 3 is 2.25 bits per heavy atom. The quantitative estimate of drug-likeness (QED) is 0.288. The van der Waals surface area contributed by atoms with E-state index in [0.717, 1.165) is 37.7 Å². The molecule has 4 saturated carbocycles. The smallest absolute Gasteiger partial charge is 0.328 e.